The molecule has 10 heteroatoms. The van der Waals surface area contributed by atoms with E-state index in [4.69, 9.17) is 14.6 Å². The number of carbonyl (C=O) groups excluding carboxylic acids is 2. The summed E-state index contributed by atoms with van der Waals surface area (Å²) in [6, 6.07) is 21.3. The number of rotatable bonds is 8. The van der Waals surface area contributed by atoms with E-state index < -0.39 is 5.25 Å². The van der Waals surface area contributed by atoms with E-state index >= 15 is 0 Å². The van der Waals surface area contributed by atoms with Crippen molar-refractivity contribution in [2.75, 3.05) is 31.4 Å². The van der Waals surface area contributed by atoms with Gasteiger partial charge in [0.25, 0.3) is 0 Å². The molecule has 2 heterocycles. The Morgan fingerprint density at radius 3 is 2.49 bits per heavy atom. The normalized spacial score (nSPS) is 16.6. The van der Waals surface area contributed by atoms with Gasteiger partial charge in [0.2, 0.25) is 11.8 Å². The summed E-state index contributed by atoms with van der Waals surface area (Å²) in [6.45, 7) is -0.161. The van der Waals surface area contributed by atoms with E-state index in [-0.39, 0.29) is 36.0 Å². The number of hydrogen-bond donors (Lipinski definition) is 1. The first-order valence-corrected chi connectivity index (χ1v) is 14.4. The van der Waals surface area contributed by atoms with Gasteiger partial charge in [-0.1, -0.05) is 30.3 Å². The zero-order chi connectivity index (χ0) is 28.5. The molecule has 1 aliphatic carbocycles. The number of benzene rings is 3. The lowest BCUT2D eigenvalue weighted by molar-refractivity contribution is -0.123. The van der Waals surface area contributed by atoms with Crippen LogP contribution in [-0.2, 0) is 9.59 Å². The van der Waals surface area contributed by atoms with Crippen LogP contribution < -0.4 is 19.7 Å². The van der Waals surface area contributed by atoms with Crippen molar-refractivity contribution >= 4 is 29.4 Å². The summed E-state index contributed by atoms with van der Waals surface area (Å²) in [6.07, 6.45) is 1.87. The van der Waals surface area contributed by atoms with E-state index in [0.29, 0.717) is 28.7 Å². The molecule has 0 radical (unpaired) electrons. The van der Waals surface area contributed by atoms with Crippen molar-refractivity contribution in [1.82, 2.24) is 15.1 Å². The van der Waals surface area contributed by atoms with Crippen LogP contribution >= 0.6 is 11.8 Å². The van der Waals surface area contributed by atoms with Gasteiger partial charge in [-0.15, -0.1) is 11.8 Å². The molecule has 1 saturated carbocycles. The van der Waals surface area contributed by atoms with E-state index in [1.807, 2.05) is 48.5 Å². The maximum Gasteiger partial charge on any atom is 0.240 e. The number of nitrogens with zero attached hydrogens (tertiary/aromatic N) is 3. The highest BCUT2D eigenvalue weighted by molar-refractivity contribution is 8.00. The lowest BCUT2D eigenvalue weighted by Crippen LogP contribution is -2.43. The number of nitrogens with one attached hydrogen (secondary N) is 1. The fraction of sp³-hybridized carbons (Fsp3) is 0.258. The van der Waals surface area contributed by atoms with Crippen LogP contribution in [0, 0.1) is 5.82 Å². The summed E-state index contributed by atoms with van der Waals surface area (Å²) in [5.74, 6) is 1.01. The van der Waals surface area contributed by atoms with Gasteiger partial charge in [0.15, 0.2) is 0 Å². The SMILES string of the molecule is COc1ccc(OC)c([C@H]2SCC(=O)N(CC(=O)NC3CC3)c3c2c(-c2ccccc2)nn3-c2ccc(F)cc2)c1. The number of aromatic nitrogens is 2. The molecule has 210 valence electrons. The van der Waals surface area contributed by atoms with E-state index in [1.54, 1.807) is 31.0 Å². The molecule has 1 fully saturated rings. The average Bonchev–Trinajstić information content (AvgIpc) is 3.75. The Morgan fingerprint density at radius 2 is 1.80 bits per heavy atom. The lowest BCUT2D eigenvalue weighted by Gasteiger charge is -2.23. The van der Waals surface area contributed by atoms with Crippen LogP contribution in [0.15, 0.2) is 72.8 Å². The van der Waals surface area contributed by atoms with Crippen LogP contribution in [0.4, 0.5) is 10.2 Å². The van der Waals surface area contributed by atoms with Gasteiger partial charge in [0.05, 0.1) is 36.6 Å². The fourth-order valence-corrected chi connectivity index (χ4v) is 6.24. The average molecular weight is 573 g/mol. The van der Waals surface area contributed by atoms with Gasteiger partial charge in [0, 0.05) is 22.7 Å². The number of fused-ring (bicyclic) bond motifs is 1. The number of methoxy groups -OCH3 is 2. The molecule has 1 N–H and O–H groups in total. The first-order chi connectivity index (χ1) is 20.0. The summed E-state index contributed by atoms with van der Waals surface area (Å²) < 4.78 is 26.9. The molecule has 2 amide bonds. The summed E-state index contributed by atoms with van der Waals surface area (Å²) in [7, 11) is 3.20. The predicted octanol–water partition coefficient (Wildman–Crippen LogP) is 5.14. The zero-order valence-electron chi connectivity index (χ0n) is 22.7. The van der Waals surface area contributed by atoms with Gasteiger partial charge in [-0.3, -0.25) is 14.5 Å². The lowest BCUT2D eigenvalue weighted by atomic mass is 9.98. The molecule has 0 spiro atoms. The smallest absolute Gasteiger partial charge is 0.240 e. The van der Waals surface area contributed by atoms with E-state index in [1.165, 1.54) is 28.8 Å². The first-order valence-electron chi connectivity index (χ1n) is 13.3. The quantitative estimate of drug-likeness (QED) is 0.315. The summed E-state index contributed by atoms with van der Waals surface area (Å²) in [5, 5.41) is 7.62. The van der Waals surface area contributed by atoms with Crippen molar-refractivity contribution in [1.29, 1.82) is 0 Å². The van der Waals surface area contributed by atoms with E-state index in [9.17, 15) is 14.0 Å². The minimum Gasteiger partial charge on any atom is -0.497 e. The summed E-state index contributed by atoms with van der Waals surface area (Å²) in [5.41, 5.74) is 3.62. The minimum atomic E-state index is -0.403. The molecule has 1 aliphatic heterocycles. The second kappa shape index (κ2) is 11.3. The molecule has 0 bridgehead atoms. The molecule has 8 nitrogen and oxygen atoms in total. The second-order valence-electron chi connectivity index (χ2n) is 9.96. The van der Waals surface area contributed by atoms with Crippen LogP contribution in [0.5, 0.6) is 11.5 Å². The second-order valence-corrected chi connectivity index (χ2v) is 11.1. The molecule has 1 aromatic heterocycles. The number of hydrogen-bond acceptors (Lipinski definition) is 6. The maximum absolute atomic E-state index is 14.0. The van der Waals surface area contributed by atoms with Crippen molar-refractivity contribution in [3.8, 4) is 28.4 Å². The number of carbonyl (C=O) groups is 2. The van der Waals surface area contributed by atoms with E-state index in [0.717, 1.165) is 29.5 Å². The molecule has 41 heavy (non-hydrogen) atoms. The fourth-order valence-electron chi connectivity index (χ4n) is 5.03. The largest absolute Gasteiger partial charge is 0.497 e. The zero-order valence-corrected chi connectivity index (χ0v) is 23.5. The van der Waals surface area contributed by atoms with Crippen molar-refractivity contribution in [2.24, 2.45) is 0 Å². The Balaban J connectivity index is 1.62. The molecule has 2 aliphatic rings. The Labute approximate surface area is 241 Å². The van der Waals surface area contributed by atoms with Crippen molar-refractivity contribution < 1.29 is 23.5 Å². The molecule has 0 saturated heterocycles. The first kappa shape index (κ1) is 26.9. The third kappa shape index (κ3) is 5.39. The molecule has 1 atom stereocenters. The van der Waals surface area contributed by atoms with Crippen LogP contribution in [0.25, 0.3) is 16.9 Å². The van der Waals surface area contributed by atoms with E-state index in [2.05, 4.69) is 5.32 Å². The molecular formula is C31H29FN4O4S. The van der Waals surface area contributed by atoms with Gasteiger partial charge in [-0.05, 0) is 55.3 Å². The number of anilines is 1. The monoisotopic (exact) mass is 572 g/mol. The Bertz CT molecular complexity index is 1590. The van der Waals surface area contributed by atoms with Crippen molar-refractivity contribution in [3.05, 3.63) is 89.7 Å². The number of ether oxygens (including phenoxy) is 2. The van der Waals surface area contributed by atoms with Crippen LogP contribution in [-0.4, -0.2) is 54.2 Å². The van der Waals surface area contributed by atoms with Crippen LogP contribution in [0.3, 0.4) is 0 Å². The van der Waals surface area contributed by atoms with Gasteiger partial charge >= 0.3 is 0 Å². The summed E-state index contributed by atoms with van der Waals surface area (Å²) in [4.78, 5) is 28.4. The highest BCUT2D eigenvalue weighted by atomic mass is 32.2. The number of thioether (sulfide) groups is 1. The van der Waals surface area contributed by atoms with Gasteiger partial charge in [0.1, 0.15) is 29.7 Å². The van der Waals surface area contributed by atoms with Crippen molar-refractivity contribution in [2.45, 2.75) is 24.1 Å². The Kier molecular flexibility index (Phi) is 7.40. The third-order valence-electron chi connectivity index (χ3n) is 7.17. The molecule has 0 unspecified atom stereocenters. The topological polar surface area (TPSA) is 85.7 Å². The minimum absolute atomic E-state index is 0.119. The molecular weight excluding hydrogens is 543 g/mol. The van der Waals surface area contributed by atoms with Crippen molar-refractivity contribution in [3.63, 3.8) is 0 Å². The molecule has 4 aromatic rings. The number of halogens is 1. The standard InChI is InChI=1S/C31H29FN4O4S/c1-39-23-14-15-25(40-2)24(16-23)30-28-29(19-6-4-3-5-7-19)34-36(22-12-8-20(32)9-13-22)31(28)35(27(38)18-41-30)17-26(37)33-21-10-11-21/h3-9,12-16,21,30H,10-11,17-18H2,1-2H3,(H,33,37)/t30-/m1/s1. The molecule has 6 rings (SSSR count). The Morgan fingerprint density at radius 1 is 1.05 bits per heavy atom. The van der Waals surface area contributed by atoms with Crippen LogP contribution in [0.1, 0.15) is 29.2 Å². The maximum atomic E-state index is 14.0. The Hall–Kier alpha value is -4.31. The predicted molar refractivity (Wildman–Crippen MR) is 156 cm³/mol. The highest BCUT2D eigenvalue weighted by Crippen LogP contribution is 2.51. The highest BCUT2D eigenvalue weighted by Gasteiger charge is 2.39. The molecule has 3 aromatic carbocycles. The summed E-state index contributed by atoms with van der Waals surface area (Å²) >= 11 is 1.44. The van der Waals surface area contributed by atoms with Gasteiger partial charge in [-0.25, -0.2) is 9.07 Å². The van der Waals surface area contributed by atoms with Gasteiger partial charge in [-0.2, -0.15) is 5.10 Å². The van der Waals surface area contributed by atoms with Gasteiger partial charge < -0.3 is 14.8 Å². The number of amides is 2. The third-order valence-corrected chi connectivity index (χ3v) is 8.41. The van der Waals surface area contributed by atoms with Crippen LogP contribution in [0.2, 0.25) is 0 Å².